The number of hydrogen-bond acceptors (Lipinski definition) is 11. The molecule has 0 unspecified atom stereocenters. The number of hydrogen-bond donors (Lipinski definition) is 3. The van der Waals surface area contributed by atoms with E-state index in [4.69, 9.17) is 28.9 Å². The number of aliphatic hydroxyl groups is 1. The van der Waals surface area contributed by atoms with E-state index < -0.39 is 46.0 Å². The molecule has 5 atom stereocenters. The topological polar surface area (TPSA) is 192 Å². The molecule has 0 spiro atoms. The van der Waals surface area contributed by atoms with Crippen LogP contribution in [0.3, 0.4) is 0 Å². The lowest BCUT2D eigenvalue weighted by atomic mass is 9.87. The van der Waals surface area contributed by atoms with Crippen LogP contribution < -0.4 is 19.5 Å². The van der Waals surface area contributed by atoms with Gasteiger partial charge in [-0.25, -0.2) is 13.2 Å². The fraction of sp³-hybridized carbons (Fsp3) is 0.475. The van der Waals surface area contributed by atoms with Crippen LogP contribution >= 0.6 is 0 Å². The number of ether oxygens (including phenoxy) is 5. The van der Waals surface area contributed by atoms with E-state index in [1.54, 1.807) is 18.3 Å². The van der Waals surface area contributed by atoms with Crippen molar-refractivity contribution in [2.45, 2.75) is 75.3 Å². The molecule has 300 valence electrons. The Morgan fingerprint density at radius 3 is 2.52 bits per heavy atom. The summed E-state index contributed by atoms with van der Waals surface area (Å²) in [6, 6.07) is 21.1. The molecule has 3 aromatic carbocycles. The number of carbonyl (C=O) groups is 1. The number of para-hydroxylation sites is 1. The lowest BCUT2D eigenvalue weighted by molar-refractivity contribution is -0.0906. The summed E-state index contributed by atoms with van der Waals surface area (Å²) in [4.78, 5) is 18.1. The molecule has 3 heterocycles. The van der Waals surface area contributed by atoms with Gasteiger partial charge in [0.25, 0.3) is 0 Å². The first-order valence-corrected chi connectivity index (χ1v) is 20.2. The third kappa shape index (κ3) is 10.1. The molecule has 0 bridgehead atoms. The fourth-order valence-electron chi connectivity index (χ4n) is 7.52. The first-order chi connectivity index (χ1) is 26.9. The summed E-state index contributed by atoms with van der Waals surface area (Å²) < 4.78 is 58.6. The number of unbranched alkanes of at least 4 members (excludes halogenated alkanes) is 1. The summed E-state index contributed by atoms with van der Waals surface area (Å²) >= 11 is 0. The van der Waals surface area contributed by atoms with Gasteiger partial charge in [0, 0.05) is 31.6 Å². The predicted molar refractivity (Wildman–Crippen MR) is 204 cm³/mol. The zero-order valence-corrected chi connectivity index (χ0v) is 32.3. The highest BCUT2D eigenvalue weighted by molar-refractivity contribution is 7.89. The standard InChI is InChI=1S/C40H49N5O10S/c1-40(2,18-9-10-19-42-38(43-26-41)55-29-13-7-4-8-14-29)25-44(56(49,50)30-15-16-35-36(22-30)54-27-53-35)23-34(46)32(21-28-11-5-3-6-12-28)45(39(47)48)33-24-52-37-31(33)17-20-51-37/h3-8,11-16,22,31-34,37,46H,9-10,17-21,23-25,27H2,1-2H3,(H,42,43)(H,47,48)/t31-,32-,33-,34+,37+/m0/s1. The Morgan fingerprint density at radius 2 is 1.79 bits per heavy atom. The van der Waals surface area contributed by atoms with Crippen molar-refractivity contribution in [1.29, 1.82) is 5.26 Å². The highest BCUT2D eigenvalue weighted by atomic mass is 32.2. The van der Waals surface area contributed by atoms with Gasteiger partial charge in [-0.2, -0.15) is 9.57 Å². The summed E-state index contributed by atoms with van der Waals surface area (Å²) in [5, 5.41) is 35.1. The largest absolute Gasteiger partial charge is 0.465 e. The number of fused-ring (bicyclic) bond motifs is 2. The maximum atomic E-state index is 14.6. The second-order valence-electron chi connectivity index (χ2n) is 14.9. The molecule has 0 aliphatic carbocycles. The molecule has 2 fully saturated rings. The van der Waals surface area contributed by atoms with E-state index in [1.807, 2.05) is 62.4 Å². The molecule has 0 radical (unpaired) electrons. The number of aliphatic imine (C=N–C) groups is 1. The van der Waals surface area contributed by atoms with Gasteiger partial charge in [-0.15, -0.1) is 4.99 Å². The molecule has 0 saturated carbocycles. The van der Waals surface area contributed by atoms with Crippen LogP contribution in [0.25, 0.3) is 0 Å². The number of rotatable bonds is 17. The second kappa shape index (κ2) is 18.4. The third-order valence-corrected chi connectivity index (χ3v) is 12.1. The smallest absolute Gasteiger partial charge is 0.407 e. The molecule has 0 aromatic heterocycles. The Bertz CT molecular complexity index is 1960. The van der Waals surface area contributed by atoms with Gasteiger partial charge < -0.3 is 39.2 Å². The van der Waals surface area contributed by atoms with Crippen molar-refractivity contribution in [3.05, 3.63) is 84.4 Å². The molecular formula is C40H49N5O10S. The van der Waals surface area contributed by atoms with Crippen molar-refractivity contribution in [2.24, 2.45) is 16.3 Å². The zero-order chi connectivity index (χ0) is 39.7. The van der Waals surface area contributed by atoms with E-state index in [9.17, 15) is 23.4 Å². The molecule has 56 heavy (non-hydrogen) atoms. The van der Waals surface area contributed by atoms with Crippen LogP contribution in [-0.2, 0) is 25.9 Å². The molecule has 3 aromatic rings. The van der Waals surface area contributed by atoms with Crippen molar-refractivity contribution in [1.82, 2.24) is 14.5 Å². The van der Waals surface area contributed by atoms with E-state index in [0.29, 0.717) is 56.1 Å². The molecular weight excluding hydrogens is 743 g/mol. The summed E-state index contributed by atoms with van der Waals surface area (Å²) in [5.41, 5.74) is 0.194. The molecule has 2 saturated heterocycles. The number of carboxylic acid groups (broad SMARTS) is 1. The Balaban J connectivity index is 1.21. The number of nitrogens with one attached hydrogen (secondary N) is 1. The van der Waals surface area contributed by atoms with Crippen LogP contribution in [-0.4, -0.2) is 104 Å². The fourth-order valence-corrected chi connectivity index (χ4v) is 9.19. The van der Waals surface area contributed by atoms with Crippen LogP contribution in [0.5, 0.6) is 17.2 Å². The average molecular weight is 792 g/mol. The van der Waals surface area contributed by atoms with Gasteiger partial charge in [0.15, 0.2) is 17.8 Å². The minimum absolute atomic E-state index is 0.0166. The maximum Gasteiger partial charge on any atom is 0.407 e. The normalized spacial score (nSPS) is 20.3. The number of nitriles is 1. The molecule has 1 amide bonds. The van der Waals surface area contributed by atoms with Crippen molar-refractivity contribution < 1.29 is 47.1 Å². The molecule has 6 rings (SSSR count). The highest BCUT2D eigenvalue weighted by Crippen LogP contribution is 2.38. The zero-order valence-electron chi connectivity index (χ0n) is 31.5. The first kappa shape index (κ1) is 40.7. The lowest BCUT2D eigenvalue weighted by Crippen LogP contribution is -2.58. The SMILES string of the molecule is CC(C)(CCCCNC(=NC#N)Oc1ccccc1)CN(C[C@@H](O)[C@H](Cc1ccccc1)N(C(=O)O)[C@H]1CO[C@H]2OCC[C@H]21)S(=O)(=O)c1ccc2c(c1)OCO2. The highest BCUT2D eigenvalue weighted by Gasteiger charge is 2.49. The summed E-state index contributed by atoms with van der Waals surface area (Å²) in [6.45, 7) is 4.50. The molecule has 3 aliphatic rings. The minimum Gasteiger partial charge on any atom is -0.465 e. The van der Waals surface area contributed by atoms with E-state index in [1.165, 1.54) is 27.4 Å². The minimum atomic E-state index is -4.27. The van der Waals surface area contributed by atoms with E-state index in [2.05, 4.69) is 10.3 Å². The third-order valence-electron chi connectivity index (χ3n) is 10.3. The monoisotopic (exact) mass is 791 g/mol. The van der Waals surface area contributed by atoms with Crippen LogP contribution in [0.2, 0.25) is 0 Å². The van der Waals surface area contributed by atoms with Gasteiger partial charge in [0.1, 0.15) is 5.75 Å². The number of sulfonamides is 1. The van der Waals surface area contributed by atoms with Crippen molar-refractivity contribution >= 4 is 22.1 Å². The number of amidine groups is 1. The van der Waals surface area contributed by atoms with Crippen molar-refractivity contribution in [3.8, 4) is 23.4 Å². The summed E-state index contributed by atoms with van der Waals surface area (Å²) in [6.07, 6.45) is 1.23. The Labute approximate surface area is 327 Å². The van der Waals surface area contributed by atoms with Crippen LogP contribution in [0.4, 0.5) is 4.79 Å². The van der Waals surface area contributed by atoms with Gasteiger partial charge in [-0.1, -0.05) is 68.8 Å². The maximum absolute atomic E-state index is 14.6. The summed E-state index contributed by atoms with van der Waals surface area (Å²) in [7, 11) is -4.27. The Kier molecular flexibility index (Phi) is 13.3. The van der Waals surface area contributed by atoms with Crippen molar-refractivity contribution in [3.63, 3.8) is 0 Å². The van der Waals surface area contributed by atoms with Crippen LogP contribution in [0.1, 0.15) is 45.1 Å². The molecule has 3 aliphatic heterocycles. The van der Waals surface area contributed by atoms with Crippen LogP contribution in [0.15, 0.2) is 88.8 Å². The predicted octanol–water partition coefficient (Wildman–Crippen LogP) is 4.82. The molecule has 3 N–H and O–H groups in total. The van der Waals surface area contributed by atoms with Gasteiger partial charge in [-0.3, -0.25) is 4.90 Å². The first-order valence-electron chi connectivity index (χ1n) is 18.7. The van der Waals surface area contributed by atoms with Crippen molar-refractivity contribution in [2.75, 3.05) is 39.6 Å². The molecule has 15 nitrogen and oxygen atoms in total. The van der Waals surface area contributed by atoms with E-state index in [-0.39, 0.29) is 49.7 Å². The number of amides is 1. The van der Waals surface area contributed by atoms with Gasteiger partial charge in [0.05, 0.1) is 36.3 Å². The van der Waals surface area contributed by atoms with E-state index in [0.717, 1.165) is 5.56 Å². The lowest BCUT2D eigenvalue weighted by Gasteiger charge is -2.40. The average Bonchev–Trinajstić information content (AvgIpc) is 3.94. The Morgan fingerprint density at radius 1 is 1.05 bits per heavy atom. The Hall–Kier alpha value is -4.92. The quantitative estimate of drug-likeness (QED) is 0.0732. The number of benzene rings is 3. The van der Waals surface area contributed by atoms with Crippen LogP contribution in [0, 0.1) is 22.8 Å². The number of aliphatic hydroxyl groups excluding tert-OH is 1. The number of nitrogens with zero attached hydrogens (tertiary/aromatic N) is 4. The van der Waals surface area contributed by atoms with E-state index >= 15 is 0 Å². The van der Waals surface area contributed by atoms with Gasteiger partial charge in [0.2, 0.25) is 23.0 Å². The molecule has 16 heteroatoms. The van der Waals surface area contributed by atoms with Gasteiger partial charge in [-0.05, 0) is 60.9 Å². The van der Waals surface area contributed by atoms with Gasteiger partial charge >= 0.3 is 12.1 Å². The second-order valence-corrected chi connectivity index (χ2v) is 16.8. The summed E-state index contributed by atoms with van der Waals surface area (Å²) in [5.74, 6) is 1.04.